The van der Waals surface area contributed by atoms with E-state index in [9.17, 15) is 28.0 Å². The number of morpholine rings is 1. The van der Waals surface area contributed by atoms with Gasteiger partial charge >= 0.3 is 0 Å². The number of imide groups is 1. The van der Waals surface area contributed by atoms with Gasteiger partial charge in [-0.25, -0.2) is 18.3 Å². The molecule has 0 bridgehead atoms. The number of carbonyl (C=O) groups is 4. The number of Topliss-reactive ketones (excluding diaryl/α,β-unsaturated/α-hetero) is 1. The summed E-state index contributed by atoms with van der Waals surface area (Å²) in [5.41, 5.74) is 1.33. The summed E-state index contributed by atoms with van der Waals surface area (Å²) in [4.78, 5) is 56.4. The zero-order valence-corrected chi connectivity index (χ0v) is 33.1. The van der Waals surface area contributed by atoms with Gasteiger partial charge in [-0.2, -0.15) is 10.2 Å². The van der Waals surface area contributed by atoms with Crippen LogP contribution in [0.4, 0.5) is 20.3 Å². The van der Waals surface area contributed by atoms with Crippen LogP contribution < -0.4 is 25.6 Å². The van der Waals surface area contributed by atoms with Crippen molar-refractivity contribution in [3.63, 3.8) is 0 Å². The number of aromatic nitrogens is 5. The highest BCUT2D eigenvalue weighted by Gasteiger charge is 2.33. The highest BCUT2D eigenvalue weighted by molar-refractivity contribution is 6.49. The molecule has 5 aromatic rings. The second-order valence-corrected chi connectivity index (χ2v) is 15.5. The topological polar surface area (TPSA) is 174 Å². The molecule has 314 valence electrons. The van der Waals surface area contributed by atoms with Gasteiger partial charge in [-0.1, -0.05) is 31.0 Å². The van der Waals surface area contributed by atoms with Gasteiger partial charge in [0.15, 0.2) is 11.3 Å². The number of anilines is 2. The maximum Gasteiger partial charge on any atom is 0.299 e. The van der Waals surface area contributed by atoms with Gasteiger partial charge in [0.2, 0.25) is 0 Å². The predicted octanol–water partition coefficient (Wildman–Crippen LogP) is 6.32. The number of alkyl halides is 2. The highest BCUT2D eigenvalue weighted by atomic mass is 19.3. The van der Waals surface area contributed by atoms with E-state index in [4.69, 9.17) is 9.47 Å². The number of ether oxygens (including phenoxy) is 2. The lowest BCUT2D eigenvalue weighted by Crippen LogP contribution is -2.42. The van der Waals surface area contributed by atoms with Gasteiger partial charge < -0.3 is 25.0 Å². The van der Waals surface area contributed by atoms with Crippen LogP contribution in [0.1, 0.15) is 106 Å². The second-order valence-electron chi connectivity index (χ2n) is 15.5. The normalized spacial score (nSPS) is 18.2. The van der Waals surface area contributed by atoms with Crippen LogP contribution in [0.5, 0.6) is 11.5 Å². The number of aryl methyl sites for hydroxylation is 1. The van der Waals surface area contributed by atoms with Crippen LogP contribution in [0, 0.1) is 5.92 Å². The van der Waals surface area contributed by atoms with Crippen LogP contribution in [-0.2, 0) is 16.0 Å². The van der Waals surface area contributed by atoms with Gasteiger partial charge in [-0.15, -0.1) is 0 Å². The van der Waals surface area contributed by atoms with Gasteiger partial charge in [0, 0.05) is 31.0 Å². The van der Waals surface area contributed by atoms with Crippen molar-refractivity contribution >= 4 is 40.7 Å². The zero-order valence-electron chi connectivity index (χ0n) is 33.1. The Hall–Kier alpha value is -6.07. The average molecular weight is 824 g/mol. The van der Waals surface area contributed by atoms with E-state index in [0.717, 1.165) is 70.9 Å². The van der Waals surface area contributed by atoms with Crippen molar-refractivity contribution in [3.05, 3.63) is 95.1 Å². The molecular weight excluding hydrogens is 777 g/mol. The van der Waals surface area contributed by atoms with Crippen molar-refractivity contribution < 1.29 is 37.4 Å². The Bertz CT molecular complexity index is 2350. The van der Waals surface area contributed by atoms with E-state index in [1.807, 2.05) is 30.3 Å². The molecule has 0 radical (unpaired) electrons. The summed E-state index contributed by atoms with van der Waals surface area (Å²) in [6.07, 6.45) is 10.6. The Labute approximate surface area is 344 Å². The fourth-order valence-electron chi connectivity index (χ4n) is 8.12. The van der Waals surface area contributed by atoms with Gasteiger partial charge in [0.05, 0.1) is 36.7 Å². The summed E-state index contributed by atoms with van der Waals surface area (Å²) in [6.45, 7) is 4.37. The van der Waals surface area contributed by atoms with Gasteiger partial charge in [-0.3, -0.25) is 29.2 Å². The molecule has 1 aliphatic carbocycles. The van der Waals surface area contributed by atoms with Crippen molar-refractivity contribution in [2.45, 2.75) is 70.3 Å². The number of rotatable bonds is 16. The Morgan fingerprint density at radius 3 is 2.52 bits per heavy atom. The van der Waals surface area contributed by atoms with Gasteiger partial charge in [0.1, 0.15) is 22.9 Å². The van der Waals surface area contributed by atoms with Crippen molar-refractivity contribution in [1.29, 1.82) is 0 Å². The predicted molar refractivity (Wildman–Crippen MR) is 217 cm³/mol. The Morgan fingerprint density at radius 2 is 1.73 bits per heavy atom. The zero-order chi connectivity index (χ0) is 41.6. The molecule has 60 heavy (non-hydrogen) atoms. The summed E-state index contributed by atoms with van der Waals surface area (Å²) >= 11 is 0. The number of nitrogens with zero attached hydrogens (tertiary/aromatic N) is 6. The molecule has 1 saturated heterocycles. The molecule has 2 fully saturated rings. The van der Waals surface area contributed by atoms with Gasteiger partial charge in [0.25, 0.3) is 29.9 Å². The minimum absolute atomic E-state index is 0.00839. The van der Waals surface area contributed by atoms with E-state index >= 15 is 0 Å². The van der Waals surface area contributed by atoms with Crippen LogP contribution in [0.15, 0.2) is 67.1 Å². The van der Waals surface area contributed by atoms with Crippen LogP contribution >= 0.6 is 0 Å². The number of ketones is 1. The smallest absolute Gasteiger partial charge is 0.299 e. The first-order chi connectivity index (χ1) is 29.2. The first-order valence-electron chi connectivity index (χ1n) is 20.6. The number of halogens is 2. The molecule has 15 nitrogen and oxygen atoms in total. The summed E-state index contributed by atoms with van der Waals surface area (Å²) < 4.78 is 42.8. The molecule has 3 amide bonds. The molecule has 17 heteroatoms. The van der Waals surface area contributed by atoms with E-state index in [-0.39, 0.29) is 34.2 Å². The second kappa shape index (κ2) is 18.5. The molecule has 3 aliphatic rings. The summed E-state index contributed by atoms with van der Waals surface area (Å²) in [5, 5.41) is 16.8. The molecule has 2 aliphatic heterocycles. The molecule has 0 unspecified atom stereocenters. The monoisotopic (exact) mass is 823 g/mol. The fourth-order valence-corrected chi connectivity index (χ4v) is 8.12. The third kappa shape index (κ3) is 9.21. The molecule has 0 spiro atoms. The van der Waals surface area contributed by atoms with Crippen molar-refractivity contribution in [2.75, 3.05) is 49.6 Å². The van der Waals surface area contributed by atoms with E-state index in [1.165, 1.54) is 28.5 Å². The number of unbranched alkanes of at least 4 members (excludes halogenated alkanes) is 3. The molecule has 8 rings (SSSR count). The van der Waals surface area contributed by atoms with E-state index in [1.54, 1.807) is 23.0 Å². The molecule has 1 saturated carbocycles. The first kappa shape index (κ1) is 40.7. The summed E-state index contributed by atoms with van der Waals surface area (Å²) in [6, 6.07) is 14.1. The maximum absolute atomic E-state index is 14.2. The molecular formula is C43H47F2N9O6. The van der Waals surface area contributed by atoms with Crippen molar-refractivity contribution in [1.82, 2.24) is 35.0 Å². The van der Waals surface area contributed by atoms with E-state index < -0.39 is 35.6 Å². The summed E-state index contributed by atoms with van der Waals surface area (Å²) in [7, 11) is 0. The molecule has 5 heterocycles. The average Bonchev–Trinajstić information content (AvgIpc) is 3.89. The lowest BCUT2D eigenvalue weighted by Gasteiger charge is -2.29. The van der Waals surface area contributed by atoms with Crippen LogP contribution in [0.3, 0.4) is 0 Å². The van der Waals surface area contributed by atoms with Crippen molar-refractivity contribution in [2.24, 2.45) is 5.92 Å². The first-order valence-corrected chi connectivity index (χ1v) is 20.6. The number of amides is 3. The number of nitrogens with one attached hydrogen (secondary N) is 3. The number of hydrogen-bond acceptors (Lipinski definition) is 11. The van der Waals surface area contributed by atoms with Crippen molar-refractivity contribution in [3.8, 4) is 11.5 Å². The third-order valence-corrected chi connectivity index (χ3v) is 11.4. The van der Waals surface area contributed by atoms with Gasteiger partial charge in [-0.05, 0) is 99.8 Å². The third-order valence-electron chi connectivity index (χ3n) is 11.4. The molecule has 3 N–H and O–H groups in total. The van der Waals surface area contributed by atoms with Crippen LogP contribution in [0.25, 0.3) is 5.65 Å². The Morgan fingerprint density at radius 1 is 0.950 bits per heavy atom. The number of fused-ring (bicyclic) bond motifs is 2. The lowest BCUT2D eigenvalue weighted by molar-refractivity contribution is -0.116. The fraction of sp³-hybridized carbons (Fsp3) is 0.419. The largest absolute Gasteiger partial charge is 0.457 e. The highest BCUT2D eigenvalue weighted by Crippen LogP contribution is 2.35. The van der Waals surface area contributed by atoms with Crippen LogP contribution in [-0.4, -0.2) is 87.3 Å². The van der Waals surface area contributed by atoms with Crippen LogP contribution in [0.2, 0.25) is 0 Å². The minimum atomic E-state index is -2.85. The Kier molecular flexibility index (Phi) is 12.5. The summed E-state index contributed by atoms with van der Waals surface area (Å²) in [5.74, 6) is -0.996. The minimum Gasteiger partial charge on any atom is -0.457 e. The quantitative estimate of drug-likeness (QED) is 0.0577. The number of benzene rings is 2. The number of hydrogen-bond donors (Lipinski definition) is 3. The SMILES string of the molecule is O=C1NC(=O)c2c(Oc3ccc(CCCCCCNC[C@H]4CC[C@H](n5cc(NC(=O)c6cnn7ccc(N8CCOCC8)nc67)c(C(F)F)n5)CC4)cc3)cccc2C1=O. The molecule has 3 aromatic heterocycles. The van der Waals surface area contributed by atoms with E-state index in [0.29, 0.717) is 49.4 Å². The standard InChI is InChI=1S/C43H47F2N9O6/c44-39(45)37-33(48-41(56)32-25-47-53-19-17-35(49-40(32)53)52-20-22-59-23-21-52)26-54(51-37)29-13-9-28(10-14-29)24-46-18-4-2-1-3-6-27-11-15-30(16-12-27)60-34-8-5-7-31-36(34)42(57)50-43(58)38(31)55/h5,7-8,11-12,15-17,19,25-26,28-29,39,46H,1-4,6,9-10,13-14,18,20-24H2,(H,48,56)(H,50,57,58)/t28-,29-. The Balaban J connectivity index is 0.735. The molecule has 2 aromatic carbocycles. The lowest BCUT2D eigenvalue weighted by atomic mass is 9.86. The van der Waals surface area contributed by atoms with E-state index in [2.05, 4.69) is 36.0 Å². The maximum atomic E-state index is 14.2. The molecule has 0 atom stereocenters. The number of carbonyl (C=O) groups excluding carboxylic acids is 4.